The van der Waals surface area contributed by atoms with Gasteiger partial charge in [0.15, 0.2) is 5.78 Å². The van der Waals surface area contributed by atoms with Crippen molar-refractivity contribution in [3.05, 3.63) is 35.6 Å². The van der Waals surface area contributed by atoms with Crippen LogP contribution < -0.4 is 5.32 Å². The van der Waals surface area contributed by atoms with Crippen molar-refractivity contribution < 1.29 is 4.79 Å². The number of rotatable bonds is 2. The highest BCUT2D eigenvalue weighted by molar-refractivity contribution is 5.96. The third kappa shape index (κ3) is 1.74. The molecule has 3 heterocycles. The normalized spacial score (nSPS) is 18.2. The summed E-state index contributed by atoms with van der Waals surface area (Å²) in [6.45, 7) is 3.43. The van der Waals surface area contributed by atoms with Crippen LogP contribution >= 0.6 is 0 Å². The van der Waals surface area contributed by atoms with Crippen molar-refractivity contribution in [1.82, 2.24) is 24.5 Å². The van der Waals surface area contributed by atoms with Crippen LogP contribution in [0, 0.1) is 0 Å². The maximum absolute atomic E-state index is 11.9. The molecule has 98 valence electrons. The van der Waals surface area contributed by atoms with E-state index >= 15 is 0 Å². The Morgan fingerprint density at radius 3 is 2.84 bits per heavy atom. The van der Waals surface area contributed by atoms with Crippen LogP contribution in [0.5, 0.6) is 0 Å². The number of ketones is 1. The molecule has 7 nitrogen and oxygen atoms in total. The van der Waals surface area contributed by atoms with E-state index in [4.69, 9.17) is 0 Å². The number of anilines is 1. The second-order valence-corrected chi connectivity index (χ2v) is 4.60. The largest absolute Gasteiger partial charge is 0.328 e. The summed E-state index contributed by atoms with van der Waals surface area (Å²) in [6, 6.07) is -0.273. The van der Waals surface area contributed by atoms with Gasteiger partial charge in [0.25, 0.3) is 0 Å². The molecule has 0 radical (unpaired) electrons. The fourth-order valence-corrected chi connectivity index (χ4v) is 2.44. The molecule has 1 atom stereocenters. The van der Waals surface area contributed by atoms with Gasteiger partial charge in [-0.05, 0) is 13.8 Å². The summed E-state index contributed by atoms with van der Waals surface area (Å²) in [5.41, 5.74) is 2.41. The van der Waals surface area contributed by atoms with Gasteiger partial charge in [-0.25, -0.2) is 4.68 Å². The molecule has 0 bridgehead atoms. The minimum absolute atomic E-state index is 0.0139. The third-order valence-electron chi connectivity index (χ3n) is 3.21. The average molecular weight is 258 g/mol. The Morgan fingerprint density at radius 1 is 1.42 bits per heavy atom. The van der Waals surface area contributed by atoms with E-state index in [0.717, 1.165) is 11.3 Å². The van der Waals surface area contributed by atoms with Crippen LogP contribution in [0.4, 0.5) is 5.95 Å². The number of hydrogen-bond donors (Lipinski definition) is 1. The van der Waals surface area contributed by atoms with Crippen molar-refractivity contribution in [1.29, 1.82) is 0 Å². The minimum atomic E-state index is -0.273. The number of carbonyl (C=O) groups is 1. The summed E-state index contributed by atoms with van der Waals surface area (Å²) in [5, 5.41) is 11.5. The first-order chi connectivity index (χ1) is 9.08. The quantitative estimate of drug-likeness (QED) is 0.865. The predicted octanol–water partition coefficient (Wildman–Crippen LogP) is 0.889. The molecule has 1 aliphatic rings. The highest BCUT2D eigenvalue weighted by atomic mass is 16.1. The van der Waals surface area contributed by atoms with E-state index in [-0.39, 0.29) is 11.8 Å². The molecular formula is C12H14N6O. The minimum Gasteiger partial charge on any atom is -0.328 e. The van der Waals surface area contributed by atoms with Gasteiger partial charge < -0.3 is 5.32 Å². The number of nitrogens with zero attached hydrogens (tertiary/aromatic N) is 5. The monoisotopic (exact) mass is 258 g/mol. The van der Waals surface area contributed by atoms with E-state index in [1.807, 2.05) is 20.2 Å². The zero-order chi connectivity index (χ0) is 13.6. The zero-order valence-electron chi connectivity index (χ0n) is 11.0. The molecule has 2 aromatic heterocycles. The van der Waals surface area contributed by atoms with Crippen LogP contribution in [-0.2, 0) is 11.8 Å². The summed E-state index contributed by atoms with van der Waals surface area (Å²) >= 11 is 0. The van der Waals surface area contributed by atoms with Gasteiger partial charge >= 0.3 is 0 Å². The second-order valence-electron chi connectivity index (χ2n) is 4.60. The lowest BCUT2D eigenvalue weighted by Gasteiger charge is -2.26. The summed E-state index contributed by atoms with van der Waals surface area (Å²) in [6.07, 6.45) is 5.11. The maximum atomic E-state index is 11.9. The molecule has 7 heteroatoms. The van der Waals surface area contributed by atoms with Crippen molar-refractivity contribution in [3.63, 3.8) is 0 Å². The number of Topliss-reactive ketones (excluding diaryl/α,β-unsaturated/α-hetero) is 1. The second kappa shape index (κ2) is 4.04. The van der Waals surface area contributed by atoms with Gasteiger partial charge in [-0.15, -0.1) is 0 Å². The fourth-order valence-electron chi connectivity index (χ4n) is 2.44. The molecule has 0 spiro atoms. The SMILES string of the molecule is CC(=O)C1=C(C)Nc2ncnn2[C@@H]1c1cnn(C)c1. The first-order valence-corrected chi connectivity index (χ1v) is 5.94. The van der Waals surface area contributed by atoms with Crippen LogP contribution in [0.3, 0.4) is 0 Å². The van der Waals surface area contributed by atoms with Crippen molar-refractivity contribution in [3.8, 4) is 0 Å². The molecule has 0 saturated carbocycles. The lowest BCUT2D eigenvalue weighted by atomic mass is 9.95. The highest BCUT2D eigenvalue weighted by Crippen LogP contribution is 2.34. The van der Waals surface area contributed by atoms with Gasteiger partial charge in [-0.1, -0.05) is 0 Å². The van der Waals surface area contributed by atoms with Crippen LogP contribution in [0.15, 0.2) is 30.0 Å². The van der Waals surface area contributed by atoms with E-state index in [0.29, 0.717) is 11.5 Å². The zero-order valence-corrected chi connectivity index (χ0v) is 11.0. The van der Waals surface area contributed by atoms with Crippen molar-refractivity contribution in [2.45, 2.75) is 19.9 Å². The van der Waals surface area contributed by atoms with Crippen LogP contribution in [0.1, 0.15) is 25.5 Å². The summed E-state index contributed by atoms with van der Waals surface area (Å²) in [5.74, 6) is 0.649. The molecular weight excluding hydrogens is 244 g/mol. The van der Waals surface area contributed by atoms with Crippen LogP contribution in [0.25, 0.3) is 0 Å². The molecule has 1 aliphatic heterocycles. The van der Waals surface area contributed by atoms with Gasteiger partial charge in [-0.3, -0.25) is 9.48 Å². The molecule has 0 aliphatic carbocycles. The van der Waals surface area contributed by atoms with Crippen molar-refractivity contribution >= 4 is 11.7 Å². The standard InChI is InChI=1S/C12H14N6O/c1-7-10(8(2)19)11(9-4-14-17(3)5-9)18-12(16-7)13-6-15-18/h4-6,11H,1-3H3,(H,13,15,16)/t11-/m1/s1. The topological polar surface area (TPSA) is 77.6 Å². The first-order valence-electron chi connectivity index (χ1n) is 5.94. The molecule has 19 heavy (non-hydrogen) atoms. The fraction of sp³-hybridized carbons (Fsp3) is 0.333. The average Bonchev–Trinajstić information content (AvgIpc) is 2.95. The van der Waals surface area contributed by atoms with E-state index in [2.05, 4.69) is 20.5 Å². The number of aryl methyl sites for hydroxylation is 1. The first kappa shape index (κ1) is 11.6. The van der Waals surface area contributed by atoms with Crippen molar-refractivity contribution in [2.75, 3.05) is 5.32 Å². The number of hydrogen-bond acceptors (Lipinski definition) is 5. The third-order valence-corrected chi connectivity index (χ3v) is 3.21. The number of fused-ring (bicyclic) bond motifs is 1. The molecule has 0 fully saturated rings. The molecule has 0 aromatic carbocycles. The van der Waals surface area contributed by atoms with Gasteiger partial charge in [0.2, 0.25) is 5.95 Å². The van der Waals surface area contributed by atoms with Gasteiger partial charge in [0, 0.05) is 30.1 Å². The van der Waals surface area contributed by atoms with Crippen molar-refractivity contribution in [2.24, 2.45) is 7.05 Å². The highest BCUT2D eigenvalue weighted by Gasteiger charge is 2.32. The van der Waals surface area contributed by atoms with Gasteiger partial charge in [0.05, 0.1) is 6.20 Å². The molecule has 0 unspecified atom stereocenters. The van der Waals surface area contributed by atoms with Gasteiger partial charge in [0.1, 0.15) is 12.4 Å². The number of carbonyl (C=O) groups excluding carboxylic acids is 1. The molecule has 3 rings (SSSR count). The maximum Gasteiger partial charge on any atom is 0.226 e. The number of allylic oxidation sites excluding steroid dienone is 2. The molecule has 0 saturated heterocycles. The Kier molecular flexibility index (Phi) is 2.48. The molecule has 0 amide bonds. The number of nitrogens with one attached hydrogen (secondary N) is 1. The summed E-state index contributed by atoms with van der Waals surface area (Å²) in [4.78, 5) is 16.1. The van der Waals surface area contributed by atoms with E-state index in [1.165, 1.54) is 6.33 Å². The van der Waals surface area contributed by atoms with E-state index < -0.39 is 0 Å². The Labute approximate surface area is 109 Å². The molecule has 2 aromatic rings. The van der Waals surface area contributed by atoms with E-state index in [1.54, 1.807) is 22.5 Å². The predicted molar refractivity (Wildman–Crippen MR) is 68.4 cm³/mol. The Morgan fingerprint density at radius 2 is 2.21 bits per heavy atom. The van der Waals surface area contributed by atoms with Gasteiger partial charge in [-0.2, -0.15) is 15.2 Å². The van der Waals surface area contributed by atoms with Crippen LogP contribution in [-0.4, -0.2) is 30.3 Å². The Hall–Kier alpha value is -2.44. The lowest BCUT2D eigenvalue weighted by molar-refractivity contribution is -0.114. The lowest BCUT2D eigenvalue weighted by Crippen LogP contribution is -2.27. The van der Waals surface area contributed by atoms with E-state index in [9.17, 15) is 4.79 Å². The Bertz CT molecular complexity index is 680. The summed E-state index contributed by atoms with van der Waals surface area (Å²) < 4.78 is 3.42. The van der Waals surface area contributed by atoms with Crippen LogP contribution in [0.2, 0.25) is 0 Å². The Balaban J connectivity index is 2.20. The molecule has 1 N–H and O–H groups in total. The summed E-state index contributed by atoms with van der Waals surface area (Å²) in [7, 11) is 1.84. The smallest absolute Gasteiger partial charge is 0.226 e. The number of aromatic nitrogens is 5.